The van der Waals surface area contributed by atoms with E-state index in [9.17, 15) is 9.59 Å². The topological polar surface area (TPSA) is 70.2 Å². The molecule has 2 fully saturated rings. The van der Waals surface area contributed by atoms with Crippen molar-refractivity contribution in [2.75, 3.05) is 18.1 Å². The highest BCUT2D eigenvalue weighted by atomic mass is 32.2. The smallest absolute Gasteiger partial charge is 0.315 e. The number of urea groups is 1. The van der Waals surface area contributed by atoms with Crippen LogP contribution in [0.3, 0.4) is 0 Å². The molecule has 2 unspecified atom stereocenters. The lowest BCUT2D eigenvalue weighted by Gasteiger charge is -2.02. The molecule has 2 rings (SSSR count). The molecule has 0 saturated carbocycles. The van der Waals surface area contributed by atoms with Gasteiger partial charge in [0.05, 0.1) is 12.1 Å². The average Bonchev–Trinajstić information content (AvgIpc) is 2.97. The molecule has 5 nitrogen and oxygen atoms in total. The SMILES string of the molecule is CCCCNC(=O)CCCC.O=C1NC2CSCC2N1. The average molecular weight is 301 g/mol. The van der Waals surface area contributed by atoms with Gasteiger partial charge in [-0.3, -0.25) is 4.79 Å². The minimum atomic E-state index is 0.00491. The third kappa shape index (κ3) is 6.50. The molecule has 0 bridgehead atoms. The van der Waals surface area contributed by atoms with Crippen LogP contribution in [0.1, 0.15) is 46.0 Å². The predicted molar refractivity (Wildman–Crippen MR) is 84.0 cm³/mol. The maximum atomic E-state index is 11.0. The summed E-state index contributed by atoms with van der Waals surface area (Å²) >= 11 is 1.89. The van der Waals surface area contributed by atoms with E-state index in [1.807, 2.05) is 11.8 Å². The molecule has 0 radical (unpaired) electrons. The second kappa shape index (κ2) is 9.91. The summed E-state index contributed by atoms with van der Waals surface area (Å²) < 4.78 is 0. The van der Waals surface area contributed by atoms with Crippen molar-refractivity contribution >= 4 is 23.7 Å². The van der Waals surface area contributed by atoms with Crippen LogP contribution in [0.5, 0.6) is 0 Å². The molecule has 2 heterocycles. The highest BCUT2D eigenvalue weighted by molar-refractivity contribution is 7.99. The van der Waals surface area contributed by atoms with Gasteiger partial charge in [-0.25, -0.2) is 4.79 Å². The first-order valence-electron chi connectivity index (χ1n) is 7.58. The third-order valence-electron chi connectivity index (χ3n) is 3.32. The van der Waals surface area contributed by atoms with E-state index in [4.69, 9.17) is 0 Å². The Hall–Kier alpha value is -0.910. The molecular weight excluding hydrogens is 274 g/mol. The Balaban J connectivity index is 0.000000202. The highest BCUT2D eigenvalue weighted by Crippen LogP contribution is 2.20. The van der Waals surface area contributed by atoms with Crippen LogP contribution in [0.2, 0.25) is 0 Å². The Morgan fingerprint density at radius 1 is 1.20 bits per heavy atom. The van der Waals surface area contributed by atoms with Gasteiger partial charge in [-0.2, -0.15) is 11.8 Å². The van der Waals surface area contributed by atoms with Gasteiger partial charge in [0.25, 0.3) is 0 Å². The fraction of sp³-hybridized carbons (Fsp3) is 0.857. The number of nitrogens with one attached hydrogen (secondary N) is 3. The number of hydrogen-bond acceptors (Lipinski definition) is 3. The zero-order chi connectivity index (χ0) is 14.8. The third-order valence-corrected chi connectivity index (χ3v) is 4.51. The summed E-state index contributed by atoms with van der Waals surface area (Å²) in [6, 6.07) is 0.815. The van der Waals surface area contributed by atoms with Crippen molar-refractivity contribution in [1.29, 1.82) is 0 Å². The number of hydrogen-bond donors (Lipinski definition) is 3. The monoisotopic (exact) mass is 301 g/mol. The van der Waals surface area contributed by atoms with Crippen molar-refractivity contribution in [2.24, 2.45) is 0 Å². The molecule has 2 aliphatic rings. The largest absolute Gasteiger partial charge is 0.356 e. The van der Waals surface area contributed by atoms with Crippen LogP contribution in [-0.2, 0) is 4.79 Å². The number of fused-ring (bicyclic) bond motifs is 1. The highest BCUT2D eigenvalue weighted by Gasteiger charge is 2.35. The molecule has 3 N–H and O–H groups in total. The number of unbranched alkanes of at least 4 members (excludes halogenated alkanes) is 2. The minimum absolute atomic E-state index is 0.00491. The Bertz CT molecular complexity index is 299. The summed E-state index contributed by atoms with van der Waals surface area (Å²) in [4.78, 5) is 21.6. The summed E-state index contributed by atoms with van der Waals surface area (Å²) in [5.74, 6) is 2.35. The van der Waals surface area contributed by atoms with Crippen molar-refractivity contribution in [3.63, 3.8) is 0 Å². The lowest BCUT2D eigenvalue weighted by molar-refractivity contribution is -0.121. The maximum Gasteiger partial charge on any atom is 0.315 e. The fourth-order valence-corrected chi connectivity index (χ4v) is 3.32. The zero-order valence-corrected chi connectivity index (χ0v) is 13.4. The molecule has 2 atom stereocenters. The molecule has 20 heavy (non-hydrogen) atoms. The lowest BCUT2D eigenvalue weighted by atomic mass is 10.2. The van der Waals surface area contributed by atoms with E-state index in [1.54, 1.807) is 0 Å². The van der Waals surface area contributed by atoms with Crippen LogP contribution in [0.15, 0.2) is 0 Å². The maximum absolute atomic E-state index is 11.0. The van der Waals surface area contributed by atoms with Crippen molar-refractivity contribution < 1.29 is 9.59 Å². The molecule has 0 spiro atoms. The summed E-state index contributed by atoms with van der Waals surface area (Å²) in [6.07, 6.45) is 5.05. The Morgan fingerprint density at radius 3 is 2.35 bits per heavy atom. The first-order valence-corrected chi connectivity index (χ1v) is 8.74. The molecule has 116 valence electrons. The van der Waals surface area contributed by atoms with Crippen LogP contribution in [-0.4, -0.2) is 42.1 Å². The van der Waals surface area contributed by atoms with E-state index in [0.29, 0.717) is 18.5 Å². The van der Waals surface area contributed by atoms with Gasteiger partial charge in [0.2, 0.25) is 5.91 Å². The normalized spacial score (nSPS) is 23.2. The number of amides is 3. The lowest BCUT2D eigenvalue weighted by Crippen LogP contribution is -2.31. The number of carbonyl (C=O) groups is 2. The molecule has 0 aliphatic carbocycles. The zero-order valence-electron chi connectivity index (χ0n) is 12.5. The van der Waals surface area contributed by atoms with Gasteiger partial charge in [-0.15, -0.1) is 0 Å². The molecule has 2 saturated heterocycles. The van der Waals surface area contributed by atoms with Crippen molar-refractivity contribution in [2.45, 2.75) is 58.0 Å². The summed E-state index contributed by atoms with van der Waals surface area (Å²) in [5, 5.41) is 8.57. The van der Waals surface area contributed by atoms with Gasteiger partial charge < -0.3 is 16.0 Å². The molecule has 2 aliphatic heterocycles. The Kier molecular flexibility index (Phi) is 8.49. The molecule has 6 heteroatoms. The Labute approximate surface area is 126 Å². The molecular formula is C14H27N3O2S. The van der Waals surface area contributed by atoms with E-state index in [0.717, 1.165) is 43.7 Å². The fourth-order valence-electron chi connectivity index (χ4n) is 2.05. The second-order valence-electron chi connectivity index (χ2n) is 5.18. The molecule has 0 aromatic carbocycles. The van der Waals surface area contributed by atoms with Crippen LogP contribution in [0, 0.1) is 0 Å². The van der Waals surface area contributed by atoms with Crippen LogP contribution < -0.4 is 16.0 Å². The Morgan fingerprint density at radius 2 is 1.80 bits per heavy atom. The van der Waals surface area contributed by atoms with Gasteiger partial charge in [-0.1, -0.05) is 26.7 Å². The first kappa shape index (κ1) is 17.1. The molecule has 0 aromatic rings. The number of thioether (sulfide) groups is 1. The van der Waals surface area contributed by atoms with E-state index < -0.39 is 0 Å². The van der Waals surface area contributed by atoms with E-state index >= 15 is 0 Å². The van der Waals surface area contributed by atoms with E-state index in [2.05, 4.69) is 29.8 Å². The molecule has 0 aromatic heterocycles. The van der Waals surface area contributed by atoms with Crippen LogP contribution in [0.4, 0.5) is 4.79 Å². The minimum Gasteiger partial charge on any atom is -0.356 e. The quantitative estimate of drug-likeness (QED) is 0.518. The van der Waals surface area contributed by atoms with Gasteiger partial charge in [0.1, 0.15) is 0 Å². The molecule has 3 amide bonds. The van der Waals surface area contributed by atoms with Gasteiger partial charge in [0, 0.05) is 24.5 Å². The van der Waals surface area contributed by atoms with Crippen LogP contribution in [0.25, 0.3) is 0 Å². The number of rotatable bonds is 6. The van der Waals surface area contributed by atoms with Gasteiger partial charge in [0.15, 0.2) is 0 Å². The standard InChI is InChI=1S/C9H19NO.C5H8N2OS/c1-3-5-7-9(11)10-8-6-4-2;8-5-6-3-1-9-2-4(3)7-5/h3-8H2,1-2H3,(H,10,11);3-4H,1-2H2,(H2,6,7,8). The second-order valence-corrected chi connectivity index (χ2v) is 6.25. The van der Waals surface area contributed by atoms with E-state index in [-0.39, 0.29) is 11.9 Å². The first-order chi connectivity index (χ1) is 9.67. The van der Waals surface area contributed by atoms with Gasteiger partial charge >= 0.3 is 6.03 Å². The van der Waals surface area contributed by atoms with Crippen molar-refractivity contribution in [3.05, 3.63) is 0 Å². The van der Waals surface area contributed by atoms with Crippen molar-refractivity contribution in [1.82, 2.24) is 16.0 Å². The summed E-state index contributed by atoms with van der Waals surface area (Å²) in [5.41, 5.74) is 0. The predicted octanol–water partition coefficient (Wildman–Crippen LogP) is 1.88. The van der Waals surface area contributed by atoms with Crippen LogP contribution >= 0.6 is 11.8 Å². The number of carbonyl (C=O) groups excluding carboxylic acids is 2. The van der Waals surface area contributed by atoms with Gasteiger partial charge in [-0.05, 0) is 12.8 Å². The summed E-state index contributed by atoms with van der Waals surface area (Å²) in [7, 11) is 0. The van der Waals surface area contributed by atoms with E-state index in [1.165, 1.54) is 0 Å². The van der Waals surface area contributed by atoms with Crippen molar-refractivity contribution in [3.8, 4) is 0 Å². The summed E-state index contributed by atoms with van der Waals surface area (Å²) in [6.45, 7) is 5.07.